The number of rotatable bonds is 2. The fraction of sp³-hybridized carbons (Fsp3) is 0.733. The second-order valence-corrected chi connectivity index (χ2v) is 8.54. The fourth-order valence-corrected chi connectivity index (χ4v) is 5.14. The summed E-state index contributed by atoms with van der Waals surface area (Å²) in [5.74, 6) is -2.49. The van der Waals surface area contributed by atoms with Crippen molar-refractivity contribution in [1.82, 2.24) is 4.31 Å². The van der Waals surface area contributed by atoms with Crippen molar-refractivity contribution in [3.05, 3.63) is 12.3 Å². The van der Waals surface area contributed by atoms with Crippen molar-refractivity contribution in [1.29, 1.82) is 0 Å². The summed E-state index contributed by atoms with van der Waals surface area (Å²) in [6.45, 7) is 0. The highest BCUT2D eigenvalue weighted by Crippen LogP contribution is 2.53. The van der Waals surface area contributed by atoms with Crippen molar-refractivity contribution in [3.8, 4) is 0 Å². The lowest BCUT2D eigenvalue weighted by Gasteiger charge is -2.40. The topological polar surface area (TPSA) is 90.0 Å². The molecule has 0 radical (unpaired) electrons. The van der Waals surface area contributed by atoms with Crippen LogP contribution in [-0.4, -0.2) is 49.4 Å². The van der Waals surface area contributed by atoms with E-state index in [4.69, 9.17) is 4.74 Å². The van der Waals surface area contributed by atoms with Gasteiger partial charge in [-0.1, -0.05) is 25.3 Å². The molecule has 0 N–H and O–H groups in total. The first-order valence-electron chi connectivity index (χ1n) is 8.13. The maximum atomic E-state index is 13.0. The van der Waals surface area contributed by atoms with Crippen LogP contribution in [0.5, 0.6) is 0 Å². The number of hydrogen-bond acceptors (Lipinski definition) is 6. The van der Waals surface area contributed by atoms with Gasteiger partial charge >= 0.3 is 27.5 Å². The van der Waals surface area contributed by atoms with Crippen LogP contribution in [0.15, 0.2) is 12.3 Å². The molecule has 0 aromatic carbocycles. The smallest absolute Gasteiger partial charge is 0.467 e. The number of sulfonamides is 1. The summed E-state index contributed by atoms with van der Waals surface area (Å²) in [7, 11) is -4.92. The Kier molecular flexibility index (Phi) is 4.48. The van der Waals surface area contributed by atoms with E-state index in [-0.39, 0.29) is 4.31 Å². The van der Waals surface area contributed by atoms with Crippen LogP contribution in [0.2, 0.25) is 0 Å². The van der Waals surface area contributed by atoms with E-state index >= 15 is 0 Å². The van der Waals surface area contributed by atoms with Crippen LogP contribution in [0.1, 0.15) is 32.1 Å². The number of fused-ring (bicyclic) bond motifs is 2. The number of ether oxygens (including phenoxy) is 2. The normalized spacial score (nSPS) is 30.8. The molecule has 0 amide bonds. The van der Waals surface area contributed by atoms with Gasteiger partial charge in [-0.2, -0.15) is 21.6 Å². The van der Waals surface area contributed by atoms with Crippen molar-refractivity contribution in [2.45, 2.75) is 49.8 Å². The molecular formula is C15H18F3NO6S. The van der Waals surface area contributed by atoms with Crippen LogP contribution in [0.25, 0.3) is 0 Å². The fourth-order valence-electron chi connectivity index (χ4n) is 4.16. The standard InChI is InChI=1S/C15H18F3NO6S/c1-24-12(20)10-11-9(5-8-19(10)26(22,23)15(16,17)18)14(13(21)25-11)6-3-2-4-7-14/h5,8-11H,2-4,6-7H2,1H3. The molecule has 2 heterocycles. The summed E-state index contributed by atoms with van der Waals surface area (Å²) >= 11 is 0. The van der Waals surface area contributed by atoms with Gasteiger partial charge in [-0.3, -0.25) is 9.10 Å². The third-order valence-corrected chi connectivity index (χ3v) is 6.91. The van der Waals surface area contributed by atoms with Crippen molar-refractivity contribution in [3.63, 3.8) is 0 Å². The SMILES string of the molecule is COC(=O)C1C2OC(=O)C3(CCCCC3)C2C=CN1S(=O)(=O)C(F)(F)F. The average Bonchev–Trinajstić information content (AvgIpc) is 2.85. The van der Waals surface area contributed by atoms with Crippen LogP contribution in [0.4, 0.5) is 13.2 Å². The molecule has 3 aliphatic rings. The number of alkyl halides is 3. The first-order chi connectivity index (χ1) is 12.1. The molecule has 1 aliphatic carbocycles. The molecular weight excluding hydrogens is 379 g/mol. The summed E-state index contributed by atoms with van der Waals surface area (Å²) in [6, 6.07) is -1.91. The summed E-state index contributed by atoms with van der Waals surface area (Å²) in [5, 5.41) is 0. The van der Waals surface area contributed by atoms with Gasteiger partial charge in [0.2, 0.25) is 0 Å². The summed E-state index contributed by atoms with van der Waals surface area (Å²) < 4.78 is 72.4. The Balaban J connectivity index is 2.07. The van der Waals surface area contributed by atoms with E-state index in [1.165, 1.54) is 6.08 Å². The molecule has 26 heavy (non-hydrogen) atoms. The Bertz CT molecular complexity index is 741. The van der Waals surface area contributed by atoms with Gasteiger partial charge < -0.3 is 9.47 Å². The van der Waals surface area contributed by atoms with Gasteiger partial charge in [0, 0.05) is 12.1 Å². The zero-order valence-corrected chi connectivity index (χ0v) is 14.7. The Morgan fingerprint density at radius 3 is 2.46 bits per heavy atom. The maximum Gasteiger partial charge on any atom is 0.516 e. The quantitative estimate of drug-likeness (QED) is 0.659. The minimum absolute atomic E-state index is 0.102. The third kappa shape index (κ3) is 2.58. The molecule has 2 fully saturated rings. The molecule has 146 valence electrons. The van der Waals surface area contributed by atoms with Crippen LogP contribution in [-0.2, 0) is 29.1 Å². The van der Waals surface area contributed by atoms with Crippen LogP contribution in [0.3, 0.4) is 0 Å². The molecule has 1 spiro atoms. The van der Waals surface area contributed by atoms with Crippen LogP contribution >= 0.6 is 0 Å². The maximum absolute atomic E-state index is 13.0. The van der Waals surface area contributed by atoms with E-state index in [2.05, 4.69) is 4.74 Å². The zero-order chi connectivity index (χ0) is 19.3. The number of esters is 2. The molecule has 0 bridgehead atoms. The Morgan fingerprint density at radius 1 is 1.31 bits per heavy atom. The van der Waals surface area contributed by atoms with Crippen LogP contribution < -0.4 is 0 Å². The predicted octanol–water partition coefficient (Wildman–Crippen LogP) is 1.70. The molecule has 7 nitrogen and oxygen atoms in total. The van der Waals surface area contributed by atoms with Crippen molar-refractivity contribution < 1.29 is 40.7 Å². The first-order valence-corrected chi connectivity index (χ1v) is 9.57. The third-order valence-electron chi connectivity index (χ3n) is 5.43. The summed E-state index contributed by atoms with van der Waals surface area (Å²) in [4.78, 5) is 24.7. The monoisotopic (exact) mass is 397 g/mol. The Hall–Kier alpha value is -1.78. The van der Waals surface area contributed by atoms with E-state index in [9.17, 15) is 31.2 Å². The molecule has 3 rings (SSSR count). The molecule has 1 saturated heterocycles. The summed E-state index contributed by atoms with van der Waals surface area (Å²) in [5.41, 5.74) is -6.54. The van der Waals surface area contributed by atoms with Gasteiger partial charge in [0.25, 0.3) is 0 Å². The lowest BCUT2D eigenvalue weighted by atomic mass is 9.64. The highest BCUT2D eigenvalue weighted by atomic mass is 32.2. The average molecular weight is 397 g/mol. The van der Waals surface area contributed by atoms with Crippen molar-refractivity contribution >= 4 is 22.0 Å². The molecule has 0 aromatic rings. The number of carbonyl (C=O) groups is 2. The predicted molar refractivity (Wildman–Crippen MR) is 80.6 cm³/mol. The molecule has 2 aliphatic heterocycles. The number of halogens is 3. The molecule has 0 aromatic heterocycles. The van der Waals surface area contributed by atoms with E-state index in [0.29, 0.717) is 19.0 Å². The highest BCUT2D eigenvalue weighted by Gasteiger charge is 2.64. The van der Waals surface area contributed by atoms with E-state index in [1.807, 2.05) is 0 Å². The minimum atomic E-state index is -5.85. The van der Waals surface area contributed by atoms with E-state index in [0.717, 1.165) is 26.4 Å². The van der Waals surface area contributed by atoms with Gasteiger partial charge in [0.1, 0.15) is 6.10 Å². The Morgan fingerprint density at radius 2 is 1.92 bits per heavy atom. The summed E-state index contributed by atoms with van der Waals surface area (Å²) in [6.07, 6.45) is 3.99. The first kappa shape index (κ1) is 19.0. The van der Waals surface area contributed by atoms with Gasteiger partial charge in [0.05, 0.1) is 12.5 Å². The van der Waals surface area contributed by atoms with Gasteiger partial charge in [0.15, 0.2) is 6.04 Å². The van der Waals surface area contributed by atoms with Gasteiger partial charge in [-0.15, -0.1) is 0 Å². The van der Waals surface area contributed by atoms with Crippen LogP contribution in [0, 0.1) is 11.3 Å². The lowest BCUT2D eigenvalue weighted by molar-refractivity contribution is -0.156. The zero-order valence-electron chi connectivity index (χ0n) is 13.9. The minimum Gasteiger partial charge on any atom is -0.467 e. The molecule has 3 atom stereocenters. The molecule has 3 unspecified atom stereocenters. The van der Waals surface area contributed by atoms with Gasteiger partial charge in [-0.05, 0) is 12.8 Å². The largest absolute Gasteiger partial charge is 0.516 e. The number of methoxy groups -OCH3 is 1. The number of hydrogen-bond donors (Lipinski definition) is 0. The van der Waals surface area contributed by atoms with E-state index in [1.54, 1.807) is 0 Å². The highest BCUT2D eigenvalue weighted by molar-refractivity contribution is 7.90. The van der Waals surface area contributed by atoms with Crippen molar-refractivity contribution in [2.75, 3.05) is 7.11 Å². The van der Waals surface area contributed by atoms with Crippen molar-refractivity contribution in [2.24, 2.45) is 11.3 Å². The number of nitrogens with zero attached hydrogens (tertiary/aromatic N) is 1. The second-order valence-electron chi connectivity index (χ2n) is 6.70. The Labute approximate surface area is 148 Å². The number of carbonyl (C=O) groups excluding carboxylic acids is 2. The van der Waals surface area contributed by atoms with Gasteiger partial charge in [-0.25, -0.2) is 4.79 Å². The lowest BCUT2D eigenvalue weighted by Crippen LogP contribution is -2.57. The molecule has 11 heteroatoms. The second kappa shape index (κ2) is 6.14. The van der Waals surface area contributed by atoms with E-state index < -0.39 is 50.9 Å². The molecule has 1 saturated carbocycles.